The fourth-order valence-electron chi connectivity index (χ4n) is 13.7. The van der Waals surface area contributed by atoms with Gasteiger partial charge >= 0.3 is 5.97 Å². The number of carbonyl (C=O) groups is 5. The first-order valence-corrected chi connectivity index (χ1v) is 22.1. The van der Waals surface area contributed by atoms with E-state index in [0.29, 0.717) is 59.8 Å². The molecule has 2 amide bonds. The minimum absolute atomic E-state index is 0.0396. The number of aliphatic carboxylic acids is 1. The van der Waals surface area contributed by atoms with E-state index < -0.39 is 42.1 Å². The molecule has 11 heteroatoms. The highest BCUT2D eigenvalue weighted by Crippen LogP contribution is 2.68. The molecule has 1 aromatic carbocycles. The first-order chi connectivity index (χ1) is 26.9. The van der Waals surface area contributed by atoms with E-state index >= 15 is 4.39 Å². The van der Waals surface area contributed by atoms with Gasteiger partial charge in [0.15, 0.2) is 5.78 Å². The molecule has 0 bridgehead atoms. The number of carbonyl (C=O) groups excluding carboxylic acids is 4. The number of amides is 2. The van der Waals surface area contributed by atoms with E-state index in [4.69, 9.17) is 17.3 Å². The molecule has 1 aromatic rings. The molecule has 9 nitrogen and oxygen atoms in total. The van der Waals surface area contributed by atoms with Gasteiger partial charge in [-0.25, -0.2) is 4.39 Å². The predicted molar refractivity (Wildman–Crippen MR) is 217 cm³/mol. The molecule has 0 radical (unpaired) electrons. The van der Waals surface area contributed by atoms with Crippen LogP contribution in [0, 0.1) is 75.9 Å². The van der Waals surface area contributed by atoms with Gasteiger partial charge in [-0.1, -0.05) is 51.8 Å². The number of rotatable bonds is 12. The Labute approximate surface area is 342 Å². The third-order valence-electron chi connectivity index (χ3n) is 16.7. The normalized spacial score (nSPS) is 38.2. The number of alkyl halides is 1. The van der Waals surface area contributed by atoms with Gasteiger partial charge in [-0.15, -0.1) is 0 Å². The number of carboxylic acid groups (broad SMARTS) is 1. The maximum Gasteiger partial charge on any atom is 0.306 e. The van der Waals surface area contributed by atoms with Crippen molar-refractivity contribution >= 4 is 41.0 Å². The average molecular weight is 808 g/mol. The van der Waals surface area contributed by atoms with Crippen molar-refractivity contribution in [3.8, 4) is 0 Å². The first kappa shape index (κ1) is 42.0. The number of hydrogen-bond donors (Lipinski definition) is 4. The van der Waals surface area contributed by atoms with Crippen LogP contribution < -0.4 is 16.4 Å². The summed E-state index contributed by atoms with van der Waals surface area (Å²) in [4.78, 5) is 65.5. The minimum Gasteiger partial charge on any atom is -0.481 e. The molecule has 312 valence electrons. The standard InChI is InChI=1S/C46H63ClFN3O6/c1-24(2)40-38(53)20-45(21-39(54)50-23-46(48,22-49)51-42(55)27-6-8-29(47)9-7-27)17-15-30-31-10-12-35-25(3)28(18-37(52)33-19-34(26(33)4)43(56)57)14-16-44(35,5)36(31)13-11-32(30)41(40)45/h6-9,24-26,28,30-36H,10-23,49H2,1-5H3,(H,50,54)(H,51,55)(H,56,57). The van der Waals surface area contributed by atoms with Crippen LogP contribution in [-0.2, 0) is 19.2 Å². The van der Waals surface area contributed by atoms with Gasteiger partial charge in [0.1, 0.15) is 5.78 Å². The summed E-state index contributed by atoms with van der Waals surface area (Å²) in [6.45, 7) is 9.96. The number of hydrogen-bond acceptors (Lipinski definition) is 6. The van der Waals surface area contributed by atoms with E-state index in [1.54, 1.807) is 12.1 Å². The smallest absolute Gasteiger partial charge is 0.306 e. The molecule has 5 N–H and O–H groups in total. The Morgan fingerprint density at radius 1 is 0.965 bits per heavy atom. The van der Waals surface area contributed by atoms with Crippen molar-refractivity contribution in [2.75, 3.05) is 13.1 Å². The summed E-state index contributed by atoms with van der Waals surface area (Å²) in [5.74, 6) is -1.18. The topological polar surface area (TPSA) is 156 Å². The second kappa shape index (κ2) is 15.8. The third-order valence-corrected chi connectivity index (χ3v) is 16.9. The largest absolute Gasteiger partial charge is 0.481 e. The molecule has 0 saturated heterocycles. The molecule has 13 unspecified atom stereocenters. The third kappa shape index (κ3) is 7.53. The van der Waals surface area contributed by atoms with E-state index in [9.17, 15) is 29.1 Å². The zero-order chi connectivity index (χ0) is 41.2. The van der Waals surface area contributed by atoms with Gasteiger partial charge in [0, 0.05) is 47.7 Å². The van der Waals surface area contributed by atoms with Crippen molar-refractivity contribution < 1.29 is 33.5 Å². The molecule has 6 aliphatic carbocycles. The molecule has 57 heavy (non-hydrogen) atoms. The van der Waals surface area contributed by atoms with E-state index in [1.165, 1.54) is 17.7 Å². The fourth-order valence-corrected chi connectivity index (χ4v) is 13.8. The van der Waals surface area contributed by atoms with Gasteiger partial charge in [-0.2, -0.15) is 0 Å². The van der Waals surface area contributed by atoms with Crippen LogP contribution in [0.3, 0.4) is 0 Å². The maximum atomic E-state index is 15.9. The number of fused-ring (bicyclic) bond motifs is 7. The highest BCUT2D eigenvalue weighted by Gasteiger charge is 2.61. The molecular formula is C46H63ClFN3O6. The summed E-state index contributed by atoms with van der Waals surface area (Å²) >= 11 is 5.94. The average Bonchev–Trinajstić information content (AvgIpc) is 3.46. The van der Waals surface area contributed by atoms with Crippen molar-refractivity contribution in [3.05, 3.63) is 46.0 Å². The van der Waals surface area contributed by atoms with Crippen LogP contribution >= 0.6 is 11.6 Å². The lowest BCUT2D eigenvalue weighted by atomic mass is 9.42. The van der Waals surface area contributed by atoms with Gasteiger partial charge in [0.2, 0.25) is 11.7 Å². The first-order valence-electron chi connectivity index (χ1n) is 21.7. The number of nitrogens with one attached hydrogen (secondary N) is 2. The molecule has 6 aliphatic rings. The number of nitrogens with two attached hydrogens (primary N) is 1. The molecule has 5 fully saturated rings. The SMILES string of the molecule is CC(C)C1=C2C3CCC4C(CCC5C(C)C(CC(=O)C6CC(C(=O)O)C6C)CCC54C)C3CCC2(CC(=O)NCC(F)(CN)NC(=O)c2ccc(Cl)cc2)CC1=O. The molecule has 0 spiro atoms. The minimum atomic E-state index is -2.37. The molecule has 0 aromatic heterocycles. The quantitative estimate of drug-likeness (QED) is 0.156. The number of benzene rings is 1. The fraction of sp³-hybridized carbons (Fsp3) is 0.717. The van der Waals surface area contributed by atoms with E-state index in [-0.39, 0.29) is 58.5 Å². The number of halogens is 2. The highest BCUT2D eigenvalue weighted by molar-refractivity contribution is 6.30. The summed E-state index contributed by atoms with van der Waals surface area (Å²) in [6, 6.07) is 6.07. The van der Waals surface area contributed by atoms with Gasteiger partial charge in [-0.3, -0.25) is 24.0 Å². The molecule has 0 heterocycles. The van der Waals surface area contributed by atoms with Crippen LogP contribution in [0.25, 0.3) is 0 Å². The second-order valence-corrected chi connectivity index (χ2v) is 20.2. The maximum absolute atomic E-state index is 15.9. The molecule has 0 aliphatic heterocycles. The van der Waals surface area contributed by atoms with Crippen LogP contribution in [0.15, 0.2) is 35.4 Å². The van der Waals surface area contributed by atoms with Gasteiger partial charge in [0.25, 0.3) is 5.91 Å². The van der Waals surface area contributed by atoms with Crippen molar-refractivity contribution in [3.63, 3.8) is 0 Å². The summed E-state index contributed by atoms with van der Waals surface area (Å²) in [5, 5.41) is 15.0. The van der Waals surface area contributed by atoms with Crippen LogP contribution in [0.5, 0.6) is 0 Å². The summed E-state index contributed by atoms with van der Waals surface area (Å²) in [5.41, 5.74) is 7.71. The summed E-state index contributed by atoms with van der Waals surface area (Å²) in [6.07, 6.45) is 9.66. The van der Waals surface area contributed by atoms with Crippen molar-refractivity contribution in [1.82, 2.24) is 10.6 Å². The van der Waals surface area contributed by atoms with Crippen molar-refractivity contribution in [2.24, 2.45) is 81.7 Å². The molecule has 7 rings (SSSR count). The number of carboxylic acids is 1. The molecular weight excluding hydrogens is 745 g/mol. The van der Waals surface area contributed by atoms with Crippen LogP contribution in [0.1, 0.15) is 122 Å². The predicted octanol–water partition coefficient (Wildman–Crippen LogP) is 7.94. The Morgan fingerprint density at radius 3 is 2.32 bits per heavy atom. The second-order valence-electron chi connectivity index (χ2n) is 19.8. The monoisotopic (exact) mass is 807 g/mol. The summed E-state index contributed by atoms with van der Waals surface area (Å²) in [7, 11) is 0. The highest BCUT2D eigenvalue weighted by atomic mass is 35.5. The van der Waals surface area contributed by atoms with Crippen molar-refractivity contribution in [1.29, 1.82) is 0 Å². The lowest BCUT2D eigenvalue weighted by Crippen LogP contribution is -2.57. The van der Waals surface area contributed by atoms with Gasteiger partial charge in [-0.05, 0) is 146 Å². The van der Waals surface area contributed by atoms with Crippen LogP contribution in [0.2, 0.25) is 5.02 Å². The number of Topliss-reactive ketones (excluding diaryl/α,β-unsaturated/α-hetero) is 2. The number of allylic oxidation sites excluding steroid dienone is 2. The van der Waals surface area contributed by atoms with E-state index in [0.717, 1.165) is 56.9 Å². The van der Waals surface area contributed by atoms with E-state index in [2.05, 4.69) is 38.3 Å². The molecule has 5 saturated carbocycles. The zero-order valence-electron chi connectivity index (χ0n) is 34.4. The van der Waals surface area contributed by atoms with Crippen molar-refractivity contribution in [2.45, 2.75) is 117 Å². The zero-order valence-corrected chi connectivity index (χ0v) is 35.1. The Hall–Kier alpha value is -3.11. The molecule has 13 atom stereocenters. The van der Waals surface area contributed by atoms with Crippen LogP contribution in [0.4, 0.5) is 4.39 Å². The van der Waals surface area contributed by atoms with Crippen LogP contribution in [-0.4, -0.2) is 53.3 Å². The lowest BCUT2D eigenvalue weighted by molar-refractivity contribution is -0.154. The van der Waals surface area contributed by atoms with E-state index in [1.807, 2.05) is 6.92 Å². The summed E-state index contributed by atoms with van der Waals surface area (Å²) < 4.78 is 15.9. The Balaban J connectivity index is 1.03. The Morgan fingerprint density at radius 2 is 1.67 bits per heavy atom. The Kier molecular flexibility index (Phi) is 11.7. The van der Waals surface area contributed by atoms with Gasteiger partial charge < -0.3 is 21.5 Å². The Bertz CT molecular complexity index is 1820. The lowest BCUT2D eigenvalue weighted by Gasteiger charge is -2.63. The number of ketones is 2. The van der Waals surface area contributed by atoms with Gasteiger partial charge in [0.05, 0.1) is 12.5 Å².